The highest BCUT2D eigenvalue weighted by molar-refractivity contribution is 5.48. The van der Waals surface area contributed by atoms with E-state index >= 15 is 0 Å². The van der Waals surface area contributed by atoms with Crippen LogP contribution in [0, 0.1) is 0 Å². The van der Waals surface area contributed by atoms with E-state index in [1.54, 1.807) is 0 Å². The lowest BCUT2D eigenvalue weighted by molar-refractivity contribution is 0.120. The predicted molar refractivity (Wildman–Crippen MR) is 74.7 cm³/mol. The summed E-state index contributed by atoms with van der Waals surface area (Å²) in [6.45, 7) is 5.21. The standard InChI is InChI=1S/C14H21N3O2/c1-2-13(19-7-1)11-15-12-3-4-14(16-10-12)17-5-8-18-9-6-17/h3-4,10,13,15H,1-2,5-9,11H2. The van der Waals surface area contributed by atoms with Gasteiger partial charge in [-0.25, -0.2) is 4.98 Å². The molecule has 0 spiro atoms. The van der Waals surface area contributed by atoms with Crippen molar-refractivity contribution in [2.75, 3.05) is 49.7 Å². The summed E-state index contributed by atoms with van der Waals surface area (Å²) in [4.78, 5) is 6.77. The molecular formula is C14H21N3O2. The number of ether oxygens (including phenoxy) is 2. The van der Waals surface area contributed by atoms with Crippen LogP contribution in [-0.4, -0.2) is 50.5 Å². The second kappa shape index (κ2) is 6.21. The quantitative estimate of drug-likeness (QED) is 0.892. The van der Waals surface area contributed by atoms with Gasteiger partial charge in [-0.05, 0) is 25.0 Å². The molecule has 2 aliphatic heterocycles. The Morgan fingerprint density at radius 2 is 2.16 bits per heavy atom. The van der Waals surface area contributed by atoms with Gasteiger partial charge < -0.3 is 19.7 Å². The first-order chi connectivity index (χ1) is 9.42. The normalized spacial score (nSPS) is 23.6. The van der Waals surface area contributed by atoms with Crippen molar-refractivity contribution in [1.82, 2.24) is 4.98 Å². The molecular weight excluding hydrogens is 242 g/mol. The Hall–Kier alpha value is -1.33. The lowest BCUT2D eigenvalue weighted by Gasteiger charge is -2.27. The predicted octanol–water partition coefficient (Wildman–Crippen LogP) is 1.51. The van der Waals surface area contributed by atoms with Gasteiger partial charge in [0.25, 0.3) is 0 Å². The summed E-state index contributed by atoms with van der Waals surface area (Å²) in [6, 6.07) is 4.16. The molecule has 5 nitrogen and oxygen atoms in total. The summed E-state index contributed by atoms with van der Waals surface area (Å²) in [5.74, 6) is 1.03. The van der Waals surface area contributed by atoms with E-state index < -0.39 is 0 Å². The van der Waals surface area contributed by atoms with Gasteiger partial charge in [0.2, 0.25) is 0 Å². The molecule has 1 aromatic rings. The van der Waals surface area contributed by atoms with Crippen LogP contribution in [0.4, 0.5) is 11.5 Å². The van der Waals surface area contributed by atoms with Crippen molar-refractivity contribution in [3.05, 3.63) is 18.3 Å². The largest absolute Gasteiger partial charge is 0.381 e. The molecule has 2 aliphatic rings. The maximum Gasteiger partial charge on any atom is 0.128 e. The highest BCUT2D eigenvalue weighted by Crippen LogP contribution is 2.17. The third-order valence-corrected chi connectivity index (χ3v) is 3.64. The van der Waals surface area contributed by atoms with Crippen LogP contribution in [0.2, 0.25) is 0 Å². The molecule has 104 valence electrons. The van der Waals surface area contributed by atoms with Crippen LogP contribution in [0.15, 0.2) is 18.3 Å². The van der Waals surface area contributed by atoms with Crippen LogP contribution >= 0.6 is 0 Å². The van der Waals surface area contributed by atoms with Crippen molar-refractivity contribution in [2.45, 2.75) is 18.9 Å². The zero-order valence-corrected chi connectivity index (χ0v) is 11.2. The Morgan fingerprint density at radius 1 is 1.26 bits per heavy atom. The fraction of sp³-hybridized carbons (Fsp3) is 0.643. The molecule has 0 saturated carbocycles. The molecule has 0 amide bonds. The van der Waals surface area contributed by atoms with Gasteiger partial charge >= 0.3 is 0 Å². The molecule has 3 heterocycles. The van der Waals surface area contributed by atoms with Gasteiger partial charge in [-0.2, -0.15) is 0 Å². The van der Waals surface area contributed by atoms with Gasteiger partial charge in [0.1, 0.15) is 5.82 Å². The fourth-order valence-corrected chi connectivity index (χ4v) is 2.51. The number of hydrogen-bond donors (Lipinski definition) is 1. The Bertz CT molecular complexity index is 384. The van der Waals surface area contributed by atoms with E-state index in [0.717, 1.165) is 57.4 Å². The molecule has 0 bridgehead atoms. The molecule has 1 N–H and O–H groups in total. The molecule has 1 aromatic heterocycles. The summed E-state index contributed by atoms with van der Waals surface area (Å²) in [5, 5.41) is 3.39. The second-order valence-electron chi connectivity index (χ2n) is 5.02. The van der Waals surface area contributed by atoms with E-state index in [9.17, 15) is 0 Å². The molecule has 5 heteroatoms. The molecule has 1 atom stereocenters. The minimum atomic E-state index is 0.360. The lowest BCUT2D eigenvalue weighted by atomic mass is 10.2. The molecule has 2 fully saturated rings. The number of morpholine rings is 1. The summed E-state index contributed by atoms with van der Waals surface area (Å²) in [6.07, 6.45) is 4.60. The van der Waals surface area contributed by atoms with E-state index in [0.29, 0.717) is 6.10 Å². The average molecular weight is 263 g/mol. The van der Waals surface area contributed by atoms with Crippen molar-refractivity contribution in [3.8, 4) is 0 Å². The monoisotopic (exact) mass is 263 g/mol. The van der Waals surface area contributed by atoms with Gasteiger partial charge in [-0.1, -0.05) is 0 Å². The Morgan fingerprint density at radius 3 is 2.84 bits per heavy atom. The summed E-state index contributed by atoms with van der Waals surface area (Å²) < 4.78 is 10.9. The first-order valence-corrected chi connectivity index (χ1v) is 7.06. The van der Waals surface area contributed by atoms with Gasteiger partial charge in [-0.15, -0.1) is 0 Å². The van der Waals surface area contributed by atoms with E-state index in [1.807, 2.05) is 6.20 Å². The van der Waals surface area contributed by atoms with Crippen LogP contribution in [0.1, 0.15) is 12.8 Å². The minimum Gasteiger partial charge on any atom is -0.381 e. The van der Waals surface area contributed by atoms with E-state index in [1.165, 1.54) is 6.42 Å². The third kappa shape index (κ3) is 3.36. The van der Waals surface area contributed by atoms with Gasteiger partial charge in [0, 0.05) is 26.2 Å². The maximum atomic E-state index is 5.59. The molecule has 1 unspecified atom stereocenters. The molecule has 0 aliphatic carbocycles. The number of anilines is 2. The minimum absolute atomic E-state index is 0.360. The van der Waals surface area contributed by atoms with Crippen molar-refractivity contribution in [3.63, 3.8) is 0 Å². The van der Waals surface area contributed by atoms with Crippen LogP contribution < -0.4 is 10.2 Å². The van der Waals surface area contributed by atoms with Crippen molar-refractivity contribution in [1.29, 1.82) is 0 Å². The smallest absolute Gasteiger partial charge is 0.128 e. The maximum absolute atomic E-state index is 5.59. The Kier molecular flexibility index (Phi) is 4.15. The van der Waals surface area contributed by atoms with E-state index in [2.05, 4.69) is 27.3 Å². The third-order valence-electron chi connectivity index (χ3n) is 3.64. The number of aromatic nitrogens is 1. The number of nitrogens with one attached hydrogen (secondary N) is 1. The van der Waals surface area contributed by atoms with Crippen LogP contribution in [0.5, 0.6) is 0 Å². The van der Waals surface area contributed by atoms with E-state index in [4.69, 9.17) is 9.47 Å². The number of rotatable bonds is 4. The van der Waals surface area contributed by atoms with Gasteiger partial charge in [-0.3, -0.25) is 0 Å². The van der Waals surface area contributed by atoms with Gasteiger partial charge in [0.05, 0.1) is 31.2 Å². The SMILES string of the molecule is c1cc(N2CCOCC2)ncc1NCC1CCCO1. The van der Waals surface area contributed by atoms with Crippen molar-refractivity contribution in [2.24, 2.45) is 0 Å². The number of nitrogens with zero attached hydrogens (tertiary/aromatic N) is 2. The summed E-state index contributed by atoms with van der Waals surface area (Å²) >= 11 is 0. The van der Waals surface area contributed by atoms with Crippen molar-refractivity contribution < 1.29 is 9.47 Å². The van der Waals surface area contributed by atoms with Crippen LogP contribution in [0.25, 0.3) is 0 Å². The average Bonchev–Trinajstić information content (AvgIpc) is 3.00. The number of pyridine rings is 1. The topological polar surface area (TPSA) is 46.6 Å². The molecule has 0 radical (unpaired) electrons. The van der Waals surface area contributed by atoms with Crippen LogP contribution in [-0.2, 0) is 9.47 Å². The first-order valence-electron chi connectivity index (χ1n) is 7.06. The Labute approximate surface area is 113 Å². The zero-order chi connectivity index (χ0) is 12.9. The summed E-state index contributed by atoms with van der Waals surface area (Å²) in [5.41, 5.74) is 1.06. The summed E-state index contributed by atoms with van der Waals surface area (Å²) in [7, 11) is 0. The molecule has 0 aromatic carbocycles. The second-order valence-corrected chi connectivity index (χ2v) is 5.02. The van der Waals surface area contributed by atoms with Crippen LogP contribution in [0.3, 0.4) is 0 Å². The first kappa shape index (κ1) is 12.7. The lowest BCUT2D eigenvalue weighted by Crippen LogP contribution is -2.36. The highest BCUT2D eigenvalue weighted by atomic mass is 16.5. The zero-order valence-electron chi connectivity index (χ0n) is 11.2. The molecule has 2 saturated heterocycles. The highest BCUT2D eigenvalue weighted by Gasteiger charge is 2.15. The number of hydrogen-bond acceptors (Lipinski definition) is 5. The van der Waals surface area contributed by atoms with Crippen molar-refractivity contribution >= 4 is 11.5 Å². The van der Waals surface area contributed by atoms with Gasteiger partial charge in [0.15, 0.2) is 0 Å². The molecule has 19 heavy (non-hydrogen) atoms. The van der Waals surface area contributed by atoms with E-state index in [-0.39, 0.29) is 0 Å². The Balaban J connectivity index is 1.52. The fourth-order valence-electron chi connectivity index (χ4n) is 2.51. The molecule has 3 rings (SSSR count).